The van der Waals surface area contributed by atoms with Crippen LogP contribution in [0.2, 0.25) is 0 Å². The zero-order valence-electron chi connectivity index (χ0n) is 9.96. The van der Waals surface area contributed by atoms with Crippen LogP contribution in [0.25, 0.3) is 0 Å². The zero-order chi connectivity index (χ0) is 13.8. The minimum absolute atomic E-state index is 0.00496. The Kier molecular flexibility index (Phi) is 3.42. The first kappa shape index (κ1) is 12.6. The molecule has 6 heteroatoms. The third-order valence-electron chi connectivity index (χ3n) is 2.49. The van der Waals surface area contributed by atoms with Gasteiger partial charge in [-0.3, -0.25) is 9.59 Å². The van der Waals surface area contributed by atoms with E-state index in [2.05, 4.69) is 10.3 Å². The molecule has 0 saturated heterocycles. The molecule has 2 rings (SSSR count). The number of carbonyl (C=O) groups is 2. The van der Waals surface area contributed by atoms with Gasteiger partial charge in [-0.05, 0) is 24.3 Å². The molecule has 2 aromatic rings. The van der Waals surface area contributed by atoms with Crippen LogP contribution in [-0.4, -0.2) is 16.8 Å². The number of carbonyl (C=O) groups excluding carboxylic acids is 2. The summed E-state index contributed by atoms with van der Waals surface area (Å²) < 4.78 is 0. The summed E-state index contributed by atoms with van der Waals surface area (Å²) in [7, 11) is 0. The number of anilines is 2. The van der Waals surface area contributed by atoms with Crippen LogP contribution >= 0.6 is 0 Å². The molecule has 0 saturated carbocycles. The molecular weight excluding hydrogens is 244 g/mol. The van der Waals surface area contributed by atoms with Gasteiger partial charge in [-0.1, -0.05) is 12.1 Å². The standard InChI is InChI=1S/C13H12N4O2/c14-9-5-2-1-4-8(9)13(19)17-10-6-3-7-16-11(10)12(15)18/h1-7H,14H2,(H2,15,18)(H,17,19). The third-order valence-corrected chi connectivity index (χ3v) is 2.49. The van der Waals surface area contributed by atoms with E-state index in [0.717, 1.165) is 0 Å². The number of hydrogen-bond acceptors (Lipinski definition) is 4. The van der Waals surface area contributed by atoms with Crippen molar-refractivity contribution < 1.29 is 9.59 Å². The fourth-order valence-electron chi connectivity index (χ4n) is 1.60. The van der Waals surface area contributed by atoms with E-state index >= 15 is 0 Å². The summed E-state index contributed by atoms with van der Waals surface area (Å²) in [5.41, 5.74) is 11.8. The van der Waals surface area contributed by atoms with Gasteiger partial charge in [-0.15, -0.1) is 0 Å². The Labute approximate surface area is 109 Å². The van der Waals surface area contributed by atoms with Gasteiger partial charge in [0.25, 0.3) is 11.8 Å². The molecule has 0 fully saturated rings. The molecule has 0 aliphatic rings. The molecule has 0 bridgehead atoms. The highest BCUT2D eigenvalue weighted by Gasteiger charge is 2.14. The van der Waals surface area contributed by atoms with Gasteiger partial charge < -0.3 is 16.8 Å². The predicted octanol–water partition coefficient (Wildman–Crippen LogP) is 1.01. The monoisotopic (exact) mass is 256 g/mol. The van der Waals surface area contributed by atoms with Gasteiger partial charge in [-0.2, -0.15) is 0 Å². The number of benzene rings is 1. The average molecular weight is 256 g/mol. The Morgan fingerprint density at radius 1 is 1.11 bits per heavy atom. The van der Waals surface area contributed by atoms with E-state index in [4.69, 9.17) is 11.5 Å². The Balaban J connectivity index is 2.30. The van der Waals surface area contributed by atoms with E-state index in [-0.39, 0.29) is 11.4 Å². The van der Waals surface area contributed by atoms with E-state index in [1.807, 2.05) is 0 Å². The van der Waals surface area contributed by atoms with E-state index < -0.39 is 11.8 Å². The molecule has 1 aromatic carbocycles. The Bertz CT molecular complexity index is 640. The summed E-state index contributed by atoms with van der Waals surface area (Å²) in [6.07, 6.45) is 1.42. The topological polar surface area (TPSA) is 111 Å². The summed E-state index contributed by atoms with van der Waals surface area (Å²) in [5.74, 6) is -1.13. The van der Waals surface area contributed by atoms with Gasteiger partial charge >= 0.3 is 0 Å². The highest BCUT2D eigenvalue weighted by atomic mass is 16.2. The zero-order valence-corrected chi connectivity index (χ0v) is 9.96. The molecule has 0 aliphatic carbocycles. The van der Waals surface area contributed by atoms with Crippen LogP contribution in [0.1, 0.15) is 20.8 Å². The molecule has 0 aliphatic heterocycles. The summed E-state index contributed by atoms with van der Waals surface area (Å²) in [6.45, 7) is 0. The summed E-state index contributed by atoms with van der Waals surface area (Å²) in [4.78, 5) is 27.1. The number of amides is 2. The molecular formula is C13H12N4O2. The number of hydrogen-bond donors (Lipinski definition) is 3. The van der Waals surface area contributed by atoms with Crippen LogP contribution in [0.15, 0.2) is 42.6 Å². The van der Waals surface area contributed by atoms with Crippen molar-refractivity contribution in [2.24, 2.45) is 5.73 Å². The Morgan fingerprint density at radius 2 is 1.84 bits per heavy atom. The summed E-state index contributed by atoms with van der Waals surface area (Å²) in [5, 5.41) is 2.57. The van der Waals surface area contributed by atoms with Crippen LogP contribution in [0.4, 0.5) is 11.4 Å². The first-order valence-corrected chi connectivity index (χ1v) is 5.50. The minimum Gasteiger partial charge on any atom is -0.398 e. The van der Waals surface area contributed by atoms with Gasteiger partial charge in [0, 0.05) is 11.9 Å². The van der Waals surface area contributed by atoms with E-state index in [1.165, 1.54) is 6.20 Å². The van der Waals surface area contributed by atoms with Crippen molar-refractivity contribution in [3.63, 3.8) is 0 Å². The molecule has 96 valence electrons. The lowest BCUT2D eigenvalue weighted by Crippen LogP contribution is -2.20. The van der Waals surface area contributed by atoms with Crippen molar-refractivity contribution in [1.82, 2.24) is 4.98 Å². The number of para-hydroxylation sites is 1. The number of nitrogens with zero attached hydrogens (tertiary/aromatic N) is 1. The first-order valence-electron chi connectivity index (χ1n) is 5.50. The van der Waals surface area contributed by atoms with Crippen molar-refractivity contribution >= 4 is 23.2 Å². The molecule has 1 heterocycles. The van der Waals surface area contributed by atoms with Crippen LogP contribution in [0.3, 0.4) is 0 Å². The maximum Gasteiger partial charge on any atom is 0.269 e. The average Bonchev–Trinajstić information content (AvgIpc) is 2.39. The van der Waals surface area contributed by atoms with Gasteiger partial charge in [0.05, 0.1) is 11.3 Å². The molecule has 1 aromatic heterocycles. The number of nitrogens with one attached hydrogen (secondary N) is 1. The van der Waals surface area contributed by atoms with E-state index in [1.54, 1.807) is 36.4 Å². The number of nitrogen functional groups attached to an aromatic ring is 1. The van der Waals surface area contributed by atoms with Crippen molar-refractivity contribution in [2.45, 2.75) is 0 Å². The Hall–Kier alpha value is -2.89. The van der Waals surface area contributed by atoms with E-state index in [9.17, 15) is 9.59 Å². The molecule has 0 radical (unpaired) electrons. The number of pyridine rings is 1. The third kappa shape index (κ3) is 2.68. The normalized spacial score (nSPS) is 9.89. The molecule has 19 heavy (non-hydrogen) atoms. The minimum atomic E-state index is -0.711. The van der Waals surface area contributed by atoms with Gasteiger partial charge in [0.1, 0.15) is 0 Å². The Morgan fingerprint density at radius 3 is 2.53 bits per heavy atom. The van der Waals surface area contributed by atoms with Crippen molar-refractivity contribution in [1.29, 1.82) is 0 Å². The summed E-state index contributed by atoms with van der Waals surface area (Å²) >= 11 is 0. The quantitative estimate of drug-likeness (QED) is 0.711. The highest BCUT2D eigenvalue weighted by Crippen LogP contribution is 2.16. The summed E-state index contributed by atoms with van der Waals surface area (Å²) in [6, 6.07) is 9.77. The maximum atomic E-state index is 12.0. The van der Waals surface area contributed by atoms with Crippen LogP contribution in [0.5, 0.6) is 0 Å². The predicted molar refractivity (Wildman–Crippen MR) is 71.6 cm³/mol. The second kappa shape index (κ2) is 5.18. The number of primary amides is 1. The van der Waals surface area contributed by atoms with Gasteiger partial charge in [0.15, 0.2) is 5.69 Å². The van der Waals surface area contributed by atoms with Gasteiger partial charge in [0.2, 0.25) is 0 Å². The lowest BCUT2D eigenvalue weighted by atomic mass is 10.1. The number of nitrogens with two attached hydrogens (primary N) is 2. The number of rotatable bonds is 3. The van der Waals surface area contributed by atoms with Crippen LogP contribution < -0.4 is 16.8 Å². The SMILES string of the molecule is NC(=O)c1ncccc1NC(=O)c1ccccc1N. The van der Waals surface area contributed by atoms with E-state index in [0.29, 0.717) is 11.3 Å². The van der Waals surface area contributed by atoms with Crippen LogP contribution in [-0.2, 0) is 0 Å². The molecule has 5 N–H and O–H groups in total. The van der Waals surface area contributed by atoms with Crippen molar-refractivity contribution in [3.05, 3.63) is 53.9 Å². The molecule has 0 atom stereocenters. The maximum absolute atomic E-state index is 12.0. The van der Waals surface area contributed by atoms with Crippen molar-refractivity contribution in [2.75, 3.05) is 11.1 Å². The fourth-order valence-corrected chi connectivity index (χ4v) is 1.60. The second-order valence-corrected chi connectivity index (χ2v) is 3.81. The molecule has 0 spiro atoms. The molecule has 2 amide bonds. The smallest absolute Gasteiger partial charge is 0.269 e. The highest BCUT2D eigenvalue weighted by molar-refractivity contribution is 6.10. The first-order chi connectivity index (χ1) is 9.09. The van der Waals surface area contributed by atoms with Crippen LogP contribution in [0, 0.1) is 0 Å². The lowest BCUT2D eigenvalue weighted by molar-refractivity contribution is 0.0996. The second-order valence-electron chi connectivity index (χ2n) is 3.81. The molecule has 6 nitrogen and oxygen atoms in total. The van der Waals surface area contributed by atoms with Crippen molar-refractivity contribution in [3.8, 4) is 0 Å². The number of aromatic nitrogens is 1. The largest absolute Gasteiger partial charge is 0.398 e. The fraction of sp³-hybridized carbons (Fsp3) is 0. The molecule has 0 unspecified atom stereocenters. The van der Waals surface area contributed by atoms with Gasteiger partial charge in [-0.25, -0.2) is 4.98 Å². The lowest BCUT2D eigenvalue weighted by Gasteiger charge is -2.09.